The lowest BCUT2D eigenvalue weighted by atomic mass is 9.95. The molecule has 3 nitrogen and oxygen atoms in total. The molecule has 1 aliphatic carbocycles. The second kappa shape index (κ2) is 5.37. The highest BCUT2D eigenvalue weighted by atomic mass is 15.1. The standard InChI is InChI=1S/C14H25N3/c1-16-9-3-13(4-10-16)11-17(2)12-14(5-6-14)7-8-15/h13H,3-7,9-12H2,1-2H3. The second-order valence-electron chi connectivity index (χ2n) is 6.28. The van der Waals surface area contributed by atoms with Crippen molar-refractivity contribution in [3.8, 4) is 6.07 Å². The molecule has 0 N–H and O–H groups in total. The Morgan fingerprint density at radius 2 is 2.00 bits per heavy atom. The van der Waals surface area contributed by atoms with Gasteiger partial charge in [-0.25, -0.2) is 0 Å². The molecule has 0 radical (unpaired) electrons. The topological polar surface area (TPSA) is 30.3 Å². The summed E-state index contributed by atoms with van der Waals surface area (Å²) in [6.45, 7) is 4.86. The molecule has 0 unspecified atom stereocenters. The van der Waals surface area contributed by atoms with Crippen LogP contribution in [0.1, 0.15) is 32.1 Å². The molecule has 96 valence electrons. The van der Waals surface area contributed by atoms with Crippen molar-refractivity contribution >= 4 is 0 Å². The Balaban J connectivity index is 1.71. The third-order valence-corrected chi connectivity index (χ3v) is 4.42. The highest BCUT2D eigenvalue weighted by Crippen LogP contribution is 2.49. The summed E-state index contributed by atoms with van der Waals surface area (Å²) in [5.74, 6) is 0.870. The van der Waals surface area contributed by atoms with Crippen LogP contribution < -0.4 is 0 Å². The maximum absolute atomic E-state index is 8.83. The van der Waals surface area contributed by atoms with E-state index in [1.54, 1.807) is 0 Å². The van der Waals surface area contributed by atoms with Crippen LogP contribution in [0, 0.1) is 22.7 Å². The van der Waals surface area contributed by atoms with E-state index in [4.69, 9.17) is 5.26 Å². The van der Waals surface area contributed by atoms with Crippen LogP contribution in [0.3, 0.4) is 0 Å². The van der Waals surface area contributed by atoms with Gasteiger partial charge in [-0.1, -0.05) is 0 Å². The fourth-order valence-corrected chi connectivity index (χ4v) is 3.06. The van der Waals surface area contributed by atoms with Gasteiger partial charge in [-0.3, -0.25) is 0 Å². The van der Waals surface area contributed by atoms with Crippen LogP contribution in [0.4, 0.5) is 0 Å². The zero-order valence-electron chi connectivity index (χ0n) is 11.3. The van der Waals surface area contributed by atoms with Crippen molar-refractivity contribution in [2.75, 3.05) is 40.3 Å². The molecule has 0 spiro atoms. The van der Waals surface area contributed by atoms with Crippen LogP contribution in [0.2, 0.25) is 0 Å². The van der Waals surface area contributed by atoms with Crippen molar-refractivity contribution in [2.45, 2.75) is 32.1 Å². The number of rotatable bonds is 5. The van der Waals surface area contributed by atoms with Crippen molar-refractivity contribution in [3.05, 3.63) is 0 Å². The molecule has 0 amide bonds. The highest BCUT2D eigenvalue weighted by Gasteiger charge is 2.43. The average Bonchev–Trinajstić information content (AvgIpc) is 3.02. The van der Waals surface area contributed by atoms with Crippen molar-refractivity contribution < 1.29 is 0 Å². The van der Waals surface area contributed by atoms with Crippen LogP contribution >= 0.6 is 0 Å². The largest absolute Gasteiger partial charge is 0.306 e. The first kappa shape index (κ1) is 12.9. The van der Waals surface area contributed by atoms with Crippen molar-refractivity contribution in [1.82, 2.24) is 9.80 Å². The number of hydrogen-bond acceptors (Lipinski definition) is 3. The van der Waals surface area contributed by atoms with Gasteiger partial charge in [-0.05, 0) is 64.2 Å². The molecule has 0 bridgehead atoms. The number of piperidine rings is 1. The summed E-state index contributed by atoms with van der Waals surface area (Å²) in [4.78, 5) is 4.90. The molecule has 1 aliphatic heterocycles. The van der Waals surface area contributed by atoms with Gasteiger partial charge >= 0.3 is 0 Å². The molecule has 2 fully saturated rings. The van der Waals surface area contributed by atoms with Crippen LogP contribution in [-0.4, -0.2) is 50.1 Å². The number of likely N-dealkylation sites (tertiary alicyclic amines) is 1. The Kier molecular flexibility index (Phi) is 4.06. The molecule has 3 heteroatoms. The minimum Gasteiger partial charge on any atom is -0.306 e. The number of nitrogens with zero attached hydrogens (tertiary/aromatic N) is 3. The van der Waals surface area contributed by atoms with Crippen LogP contribution in [-0.2, 0) is 0 Å². The Morgan fingerprint density at radius 1 is 1.35 bits per heavy atom. The molecule has 1 saturated heterocycles. The van der Waals surface area contributed by atoms with Gasteiger partial charge in [0, 0.05) is 19.5 Å². The summed E-state index contributed by atoms with van der Waals surface area (Å²) < 4.78 is 0. The average molecular weight is 235 g/mol. The van der Waals surface area contributed by atoms with E-state index in [-0.39, 0.29) is 0 Å². The Morgan fingerprint density at radius 3 is 2.53 bits per heavy atom. The molecule has 17 heavy (non-hydrogen) atoms. The van der Waals surface area contributed by atoms with Gasteiger partial charge in [-0.2, -0.15) is 5.26 Å². The Hall–Kier alpha value is -0.590. The fraction of sp³-hybridized carbons (Fsp3) is 0.929. The fourth-order valence-electron chi connectivity index (χ4n) is 3.06. The molecule has 0 atom stereocenters. The smallest absolute Gasteiger partial charge is 0.0628 e. The summed E-state index contributed by atoms with van der Waals surface area (Å²) in [5.41, 5.74) is 0.370. The summed E-state index contributed by atoms with van der Waals surface area (Å²) >= 11 is 0. The van der Waals surface area contributed by atoms with Crippen LogP contribution in [0.5, 0.6) is 0 Å². The molecule has 0 aromatic heterocycles. The summed E-state index contributed by atoms with van der Waals surface area (Å²) in [5, 5.41) is 8.83. The normalized spacial score (nSPS) is 24.8. The summed E-state index contributed by atoms with van der Waals surface area (Å²) in [7, 11) is 4.45. The number of nitriles is 1. The van der Waals surface area contributed by atoms with E-state index in [1.165, 1.54) is 45.3 Å². The first-order chi connectivity index (χ1) is 8.13. The lowest BCUT2D eigenvalue weighted by Gasteiger charge is -2.32. The van der Waals surface area contributed by atoms with Gasteiger partial charge in [-0.15, -0.1) is 0 Å². The summed E-state index contributed by atoms with van der Waals surface area (Å²) in [6, 6.07) is 2.35. The van der Waals surface area contributed by atoms with Gasteiger partial charge in [0.05, 0.1) is 6.07 Å². The molecular formula is C14H25N3. The second-order valence-corrected chi connectivity index (χ2v) is 6.28. The SMILES string of the molecule is CN1CCC(CN(C)CC2(CC#N)CC2)CC1. The third kappa shape index (κ3) is 3.69. The lowest BCUT2D eigenvalue weighted by Crippen LogP contribution is -2.37. The van der Waals surface area contributed by atoms with Crippen molar-refractivity contribution in [2.24, 2.45) is 11.3 Å². The van der Waals surface area contributed by atoms with Gasteiger partial charge in [0.25, 0.3) is 0 Å². The van der Waals surface area contributed by atoms with Gasteiger partial charge in [0.1, 0.15) is 0 Å². The lowest BCUT2D eigenvalue weighted by molar-refractivity contribution is 0.162. The molecule has 2 rings (SSSR count). The quantitative estimate of drug-likeness (QED) is 0.729. The maximum atomic E-state index is 8.83. The molecule has 1 heterocycles. The molecule has 0 aromatic carbocycles. The Bertz CT molecular complexity index is 282. The molecular weight excluding hydrogens is 210 g/mol. The first-order valence-corrected chi connectivity index (χ1v) is 6.88. The zero-order chi connectivity index (χ0) is 12.3. The Labute approximate surface area is 105 Å². The molecule has 1 saturated carbocycles. The van der Waals surface area contributed by atoms with E-state index in [0.29, 0.717) is 5.41 Å². The molecule has 0 aromatic rings. The monoisotopic (exact) mass is 235 g/mol. The predicted molar refractivity (Wildman–Crippen MR) is 69.6 cm³/mol. The molecule has 2 aliphatic rings. The van der Waals surface area contributed by atoms with Crippen LogP contribution in [0.25, 0.3) is 0 Å². The zero-order valence-corrected chi connectivity index (χ0v) is 11.3. The van der Waals surface area contributed by atoms with Crippen molar-refractivity contribution in [1.29, 1.82) is 5.26 Å². The van der Waals surface area contributed by atoms with E-state index in [9.17, 15) is 0 Å². The van der Waals surface area contributed by atoms with E-state index in [2.05, 4.69) is 30.0 Å². The van der Waals surface area contributed by atoms with E-state index < -0.39 is 0 Å². The minimum atomic E-state index is 0.370. The van der Waals surface area contributed by atoms with E-state index >= 15 is 0 Å². The van der Waals surface area contributed by atoms with E-state index in [0.717, 1.165) is 18.9 Å². The third-order valence-electron chi connectivity index (χ3n) is 4.42. The minimum absolute atomic E-state index is 0.370. The highest BCUT2D eigenvalue weighted by molar-refractivity contribution is 5.01. The maximum Gasteiger partial charge on any atom is 0.0628 e. The van der Waals surface area contributed by atoms with Gasteiger partial charge in [0.15, 0.2) is 0 Å². The predicted octanol–water partition coefficient (Wildman–Crippen LogP) is 1.95. The number of hydrogen-bond donors (Lipinski definition) is 0. The first-order valence-electron chi connectivity index (χ1n) is 6.88. The van der Waals surface area contributed by atoms with Gasteiger partial charge < -0.3 is 9.80 Å². The van der Waals surface area contributed by atoms with Crippen molar-refractivity contribution in [3.63, 3.8) is 0 Å². The van der Waals surface area contributed by atoms with E-state index in [1.807, 2.05) is 0 Å². The van der Waals surface area contributed by atoms with Crippen LogP contribution in [0.15, 0.2) is 0 Å². The summed E-state index contributed by atoms with van der Waals surface area (Å²) in [6.07, 6.45) is 5.96. The van der Waals surface area contributed by atoms with Gasteiger partial charge in [0.2, 0.25) is 0 Å².